The standard InChI is InChI=1S/C13H17NO2/c1-9(14)13(4-5-13)7-10-2-3-11-12(6-10)16-8-15-11/h2-3,6,9H,4-5,7-8,14H2,1H3. The normalized spacial score (nSPS) is 21.9. The van der Waals surface area contributed by atoms with Crippen molar-refractivity contribution >= 4 is 0 Å². The Morgan fingerprint density at radius 1 is 1.31 bits per heavy atom. The molecule has 0 aromatic heterocycles. The molecule has 2 N–H and O–H groups in total. The van der Waals surface area contributed by atoms with Crippen molar-refractivity contribution in [3.8, 4) is 11.5 Å². The van der Waals surface area contributed by atoms with Crippen molar-refractivity contribution in [2.75, 3.05) is 6.79 Å². The Morgan fingerprint density at radius 3 is 2.75 bits per heavy atom. The molecule has 86 valence electrons. The predicted octanol–water partition coefficient (Wildman–Crippen LogP) is 2.09. The largest absolute Gasteiger partial charge is 0.454 e. The van der Waals surface area contributed by atoms with Gasteiger partial charge in [-0.15, -0.1) is 0 Å². The summed E-state index contributed by atoms with van der Waals surface area (Å²) in [5.41, 5.74) is 7.68. The fourth-order valence-electron chi connectivity index (χ4n) is 2.41. The van der Waals surface area contributed by atoms with Crippen LogP contribution in [0, 0.1) is 5.41 Å². The summed E-state index contributed by atoms with van der Waals surface area (Å²) in [5.74, 6) is 1.73. The fraction of sp³-hybridized carbons (Fsp3) is 0.538. The van der Waals surface area contributed by atoms with Gasteiger partial charge in [0.1, 0.15) is 0 Å². The average molecular weight is 219 g/mol. The van der Waals surface area contributed by atoms with Crippen LogP contribution in [0.25, 0.3) is 0 Å². The lowest BCUT2D eigenvalue weighted by Crippen LogP contribution is -2.29. The van der Waals surface area contributed by atoms with E-state index in [4.69, 9.17) is 15.2 Å². The molecule has 16 heavy (non-hydrogen) atoms. The SMILES string of the molecule is CC(N)C1(Cc2ccc3c(c2)OCO3)CC1. The van der Waals surface area contributed by atoms with Crippen LogP contribution < -0.4 is 15.2 Å². The van der Waals surface area contributed by atoms with Gasteiger partial charge in [0, 0.05) is 6.04 Å². The number of hydrogen-bond donors (Lipinski definition) is 1. The predicted molar refractivity (Wildman–Crippen MR) is 61.6 cm³/mol. The Kier molecular flexibility index (Phi) is 2.11. The third-order valence-corrected chi connectivity index (χ3v) is 3.85. The molecule has 1 heterocycles. The summed E-state index contributed by atoms with van der Waals surface area (Å²) in [4.78, 5) is 0. The van der Waals surface area contributed by atoms with E-state index in [9.17, 15) is 0 Å². The number of fused-ring (bicyclic) bond motifs is 1. The maximum Gasteiger partial charge on any atom is 0.231 e. The van der Waals surface area contributed by atoms with Gasteiger partial charge < -0.3 is 15.2 Å². The lowest BCUT2D eigenvalue weighted by Gasteiger charge is -2.19. The summed E-state index contributed by atoms with van der Waals surface area (Å²) in [7, 11) is 0. The van der Waals surface area contributed by atoms with Crippen LogP contribution in [0.5, 0.6) is 11.5 Å². The highest BCUT2D eigenvalue weighted by Gasteiger charge is 2.45. The minimum Gasteiger partial charge on any atom is -0.454 e. The van der Waals surface area contributed by atoms with Crippen molar-refractivity contribution in [2.45, 2.75) is 32.2 Å². The zero-order chi connectivity index (χ0) is 11.2. The van der Waals surface area contributed by atoms with Gasteiger partial charge in [0.2, 0.25) is 6.79 Å². The van der Waals surface area contributed by atoms with Gasteiger partial charge in [0.25, 0.3) is 0 Å². The van der Waals surface area contributed by atoms with E-state index in [0.29, 0.717) is 12.2 Å². The van der Waals surface area contributed by atoms with Gasteiger partial charge in [-0.1, -0.05) is 6.07 Å². The van der Waals surface area contributed by atoms with Crippen molar-refractivity contribution in [2.24, 2.45) is 11.1 Å². The smallest absolute Gasteiger partial charge is 0.231 e. The molecule has 3 heteroatoms. The van der Waals surface area contributed by atoms with Crippen LogP contribution in [-0.2, 0) is 6.42 Å². The van der Waals surface area contributed by atoms with E-state index in [2.05, 4.69) is 19.1 Å². The van der Waals surface area contributed by atoms with E-state index in [1.54, 1.807) is 0 Å². The van der Waals surface area contributed by atoms with Crippen LogP contribution in [0.2, 0.25) is 0 Å². The molecule has 1 aliphatic heterocycles. The quantitative estimate of drug-likeness (QED) is 0.846. The fourth-order valence-corrected chi connectivity index (χ4v) is 2.41. The Balaban J connectivity index is 1.81. The lowest BCUT2D eigenvalue weighted by molar-refractivity contribution is 0.174. The molecule has 1 saturated carbocycles. The van der Waals surface area contributed by atoms with Gasteiger partial charge >= 0.3 is 0 Å². The average Bonchev–Trinajstić information content (AvgIpc) is 2.90. The second-order valence-corrected chi connectivity index (χ2v) is 5.02. The molecule has 2 aliphatic rings. The zero-order valence-corrected chi connectivity index (χ0v) is 9.53. The highest BCUT2D eigenvalue weighted by atomic mass is 16.7. The lowest BCUT2D eigenvalue weighted by atomic mass is 9.90. The highest BCUT2D eigenvalue weighted by Crippen LogP contribution is 2.51. The topological polar surface area (TPSA) is 44.5 Å². The molecule has 1 aromatic carbocycles. The third kappa shape index (κ3) is 1.55. The van der Waals surface area contributed by atoms with Gasteiger partial charge in [-0.25, -0.2) is 0 Å². The molecular formula is C13H17NO2. The van der Waals surface area contributed by atoms with Gasteiger partial charge in [-0.05, 0) is 49.3 Å². The molecule has 0 amide bonds. The molecule has 1 unspecified atom stereocenters. The molecule has 0 bridgehead atoms. The number of rotatable bonds is 3. The molecule has 3 rings (SSSR count). The summed E-state index contributed by atoms with van der Waals surface area (Å²) >= 11 is 0. The molecule has 1 aromatic rings. The molecule has 0 saturated heterocycles. The Labute approximate surface area is 95.5 Å². The van der Waals surface area contributed by atoms with Crippen LogP contribution in [0.3, 0.4) is 0 Å². The van der Waals surface area contributed by atoms with E-state index in [1.807, 2.05) is 6.07 Å². The number of hydrogen-bond acceptors (Lipinski definition) is 3. The van der Waals surface area contributed by atoms with Gasteiger partial charge in [-0.2, -0.15) is 0 Å². The summed E-state index contributed by atoms with van der Waals surface area (Å²) in [5, 5.41) is 0. The van der Waals surface area contributed by atoms with Gasteiger partial charge in [0.05, 0.1) is 0 Å². The Morgan fingerprint density at radius 2 is 2.06 bits per heavy atom. The van der Waals surface area contributed by atoms with Gasteiger partial charge in [-0.3, -0.25) is 0 Å². The number of nitrogens with two attached hydrogens (primary N) is 1. The Bertz CT molecular complexity index is 410. The molecule has 1 atom stereocenters. The van der Waals surface area contributed by atoms with Crippen molar-refractivity contribution < 1.29 is 9.47 Å². The highest BCUT2D eigenvalue weighted by molar-refractivity contribution is 5.45. The van der Waals surface area contributed by atoms with E-state index in [0.717, 1.165) is 17.9 Å². The second-order valence-electron chi connectivity index (χ2n) is 5.02. The van der Waals surface area contributed by atoms with E-state index < -0.39 is 0 Å². The molecule has 3 nitrogen and oxygen atoms in total. The first-order valence-electron chi connectivity index (χ1n) is 5.84. The van der Waals surface area contributed by atoms with Crippen molar-refractivity contribution in [1.82, 2.24) is 0 Å². The minimum absolute atomic E-state index is 0.276. The maximum absolute atomic E-state index is 6.04. The third-order valence-electron chi connectivity index (χ3n) is 3.85. The first-order chi connectivity index (χ1) is 7.70. The van der Waals surface area contributed by atoms with Crippen LogP contribution >= 0.6 is 0 Å². The van der Waals surface area contributed by atoms with Gasteiger partial charge in [0.15, 0.2) is 11.5 Å². The van der Waals surface area contributed by atoms with Crippen molar-refractivity contribution in [3.63, 3.8) is 0 Å². The summed E-state index contributed by atoms with van der Waals surface area (Å²) in [6.07, 6.45) is 3.56. The molecule has 1 aliphatic carbocycles. The summed E-state index contributed by atoms with van der Waals surface area (Å²) < 4.78 is 10.7. The van der Waals surface area contributed by atoms with E-state index >= 15 is 0 Å². The molecule has 0 radical (unpaired) electrons. The summed E-state index contributed by atoms with van der Waals surface area (Å²) in [6.45, 7) is 2.46. The second kappa shape index (κ2) is 3.39. The minimum atomic E-state index is 0.276. The number of ether oxygens (including phenoxy) is 2. The molecular weight excluding hydrogens is 202 g/mol. The van der Waals surface area contributed by atoms with E-state index in [-0.39, 0.29) is 6.04 Å². The van der Waals surface area contributed by atoms with Crippen molar-refractivity contribution in [1.29, 1.82) is 0 Å². The Hall–Kier alpha value is -1.22. The molecule has 1 fully saturated rings. The first kappa shape index (κ1) is 9.97. The maximum atomic E-state index is 6.04. The van der Waals surface area contributed by atoms with Crippen LogP contribution in [0.1, 0.15) is 25.3 Å². The van der Waals surface area contributed by atoms with Crippen LogP contribution in [0.15, 0.2) is 18.2 Å². The first-order valence-corrected chi connectivity index (χ1v) is 5.84. The zero-order valence-electron chi connectivity index (χ0n) is 9.53. The van der Waals surface area contributed by atoms with Crippen molar-refractivity contribution in [3.05, 3.63) is 23.8 Å². The van der Waals surface area contributed by atoms with Crippen LogP contribution in [-0.4, -0.2) is 12.8 Å². The number of benzene rings is 1. The molecule has 0 spiro atoms. The monoisotopic (exact) mass is 219 g/mol. The van der Waals surface area contributed by atoms with E-state index in [1.165, 1.54) is 18.4 Å². The van der Waals surface area contributed by atoms with Crippen LogP contribution in [0.4, 0.5) is 0 Å². The summed E-state index contributed by atoms with van der Waals surface area (Å²) in [6, 6.07) is 6.48.